The fraction of sp³-hybridized carbons (Fsp3) is 0.250. The molecule has 7 heteroatoms. The highest BCUT2D eigenvalue weighted by atomic mass is 32.1. The number of rotatable bonds is 8. The molecule has 4 aromatic rings. The van der Waals surface area contributed by atoms with Crippen LogP contribution in [0.15, 0.2) is 78.9 Å². The molecule has 0 fully saturated rings. The molecule has 1 unspecified atom stereocenters. The molecular formula is C28H30N4O2S. The van der Waals surface area contributed by atoms with Crippen molar-refractivity contribution >= 4 is 39.2 Å². The topological polar surface area (TPSA) is 83.1 Å². The average Bonchev–Trinajstić information content (AvgIpc) is 3.25. The van der Waals surface area contributed by atoms with E-state index in [0.717, 1.165) is 26.4 Å². The maximum absolute atomic E-state index is 13.6. The summed E-state index contributed by atoms with van der Waals surface area (Å²) in [6.45, 7) is 6.18. The highest BCUT2D eigenvalue weighted by Gasteiger charge is 2.36. The Morgan fingerprint density at radius 3 is 2.31 bits per heavy atom. The molecule has 0 saturated heterocycles. The minimum atomic E-state index is -0.772. The number of aromatic nitrogens is 1. The van der Waals surface area contributed by atoms with Gasteiger partial charge in [-0.25, -0.2) is 9.78 Å². The zero-order valence-electron chi connectivity index (χ0n) is 20.2. The number of amides is 3. The van der Waals surface area contributed by atoms with Crippen molar-refractivity contribution in [2.45, 2.75) is 45.2 Å². The van der Waals surface area contributed by atoms with Crippen molar-refractivity contribution in [2.75, 3.05) is 5.32 Å². The predicted octanol–water partition coefficient (Wildman–Crippen LogP) is 5.64. The number of anilines is 1. The van der Waals surface area contributed by atoms with Crippen molar-refractivity contribution in [2.24, 2.45) is 0 Å². The summed E-state index contributed by atoms with van der Waals surface area (Å²) in [6, 6.07) is 25.2. The fourth-order valence-corrected chi connectivity index (χ4v) is 5.05. The van der Waals surface area contributed by atoms with Crippen LogP contribution in [0, 0.1) is 0 Å². The predicted molar refractivity (Wildman–Crippen MR) is 143 cm³/mol. The largest absolute Gasteiger partial charge is 0.351 e. The van der Waals surface area contributed by atoms with Crippen LogP contribution in [0.3, 0.4) is 0 Å². The van der Waals surface area contributed by atoms with E-state index in [9.17, 15) is 9.59 Å². The molecular weight excluding hydrogens is 456 g/mol. The lowest BCUT2D eigenvalue weighted by Crippen LogP contribution is -2.43. The van der Waals surface area contributed by atoms with E-state index >= 15 is 0 Å². The van der Waals surface area contributed by atoms with Crippen LogP contribution in [0.4, 0.5) is 10.5 Å². The zero-order chi connectivity index (χ0) is 24.8. The van der Waals surface area contributed by atoms with Gasteiger partial charge in [-0.1, -0.05) is 54.6 Å². The van der Waals surface area contributed by atoms with Gasteiger partial charge in [0.25, 0.3) is 0 Å². The number of carbonyl (C=O) groups is 2. The van der Waals surface area contributed by atoms with Gasteiger partial charge in [0.05, 0.1) is 20.6 Å². The Labute approximate surface area is 209 Å². The molecule has 0 spiro atoms. The summed E-state index contributed by atoms with van der Waals surface area (Å²) in [6.07, 6.45) is 0.510. The molecule has 1 atom stereocenters. The Morgan fingerprint density at radius 2 is 1.63 bits per heavy atom. The minimum Gasteiger partial charge on any atom is -0.351 e. The maximum Gasteiger partial charge on any atom is 0.319 e. The lowest BCUT2D eigenvalue weighted by Gasteiger charge is -2.28. The number of thiazole rings is 1. The smallest absolute Gasteiger partial charge is 0.319 e. The lowest BCUT2D eigenvalue weighted by molar-refractivity contribution is -0.126. The van der Waals surface area contributed by atoms with Gasteiger partial charge in [-0.05, 0) is 56.2 Å². The summed E-state index contributed by atoms with van der Waals surface area (Å²) < 4.78 is 1.12. The Bertz CT molecular complexity index is 1270. The van der Waals surface area contributed by atoms with Crippen LogP contribution in [0.5, 0.6) is 0 Å². The Morgan fingerprint density at radius 1 is 0.943 bits per heavy atom. The summed E-state index contributed by atoms with van der Waals surface area (Å²) in [5.41, 5.74) is 2.78. The van der Waals surface area contributed by atoms with Crippen LogP contribution in [-0.2, 0) is 23.2 Å². The first-order valence-electron chi connectivity index (χ1n) is 11.7. The van der Waals surface area contributed by atoms with Crippen LogP contribution in [0.2, 0.25) is 0 Å². The van der Waals surface area contributed by atoms with E-state index in [2.05, 4.69) is 22.0 Å². The third-order valence-electron chi connectivity index (χ3n) is 5.84. The van der Waals surface area contributed by atoms with Gasteiger partial charge in [0.15, 0.2) is 0 Å². The first-order chi connectivity index (χ1) is 16.8. The summed E-state index contributed by atoms with van der Waals surface area (Å²) in [4.78, 5) is 30.2. The van der Waals surface area contributed by atoms with Crippen LogP contribution in [0.25, 0.3) is 10.2 Å². The molecule has 0 aliphatic rings. The van der Waals surface area contributed by atoms with Crippen molar-refractivity contribution in [1.82, 2.24) is 15.6 Å². The monoisotopic (exact) mass is 486 g/mol. The summed E-state index contributed by atoms with van der Waals surface area (Å²) in [7, 11) is 0. The summed E-state index contributed by atoms with van der Waals surface area (Å²) in [5.74, 6) is -0.0542. The number of nitrogens with zero attached hydrogens (tertiary/aromatic N) is 1. The number of nitrogens with one attached hydrogen (secondary N) is 3. The molecule has 0 aliphatic heterocycles. The van der Waals surface area contributed by atoms with E-state index in [-0.39, 0.29) is 18.0 Å². The Hall–Kier alpha value is -3.71. The molecule has 0 radical (unpaired) electrons. The number of benzene rings is 3. The Balaban J connectivity index is 1.47. The first kappa shape index (κ1) is 24.4. The van der Waals surface area contributed by atoms with Crippen molar-refractivity contribution in [3.05, 3.63) is 95.0 Å². The standard InChI is InChI=1S/C28H30N4O2S/c1-19(2)30-27(34)31-22-15-13-20(14-16-22)18-29-26(33)28(3,21-9-5-4-6-10-21)17-25-32-23-11-7-8-12-24(23)35-25/h4-16,19H,17-18H2,1-3H3,(H,29,33)(H2,30,31,34). The molecule has 3 amide bonds. The van der Waals surface area contributed by atoms with E-state index in [0.29, 0.717) is 18.7 Å². The van der Waals surface area contributed by atoms with E-state index in [4.69, 9.17) is 4.98 Å². The number of para-hydroxylation sites is 1. The lowest BCUT2D eigenvalue weighted by atomic mass is 9.78. The number of fused-ring (bicyclic) bond motifs is 1. The molecule has 3 aromatic carbocycles. The van der Waals surface area contributed by atoms with Gasteiger partial charge in [-0.15, -0.1) is 11.3 Å². The molecule has 4 rings (SSSR count). The number of hydrogen-bond acceptors (Lipinski definition) is 4. The molecule has 180 valence electrons. The third kappa shape index (κ3) is 6.05. The number of urea groups is 1. The van der Waals surface area contributed by atoms with Gasteiger partial charge < -0.3 is 16.0 Å². The SMILES string of the molecule is CC(C)NC(=O)Nc1ccc(CNC(=O)C(C)(Cc2nc3ccccc3s2)c2ccccc2)cc1. The molecule has 0 bridgehead atoms. The zero-order valence-corrected chi connectivity index (χ0v) is 21.0. The second kappa shape index (κ2) is 10.7. The molecule has 0 aliphatic carbocycles. The van der Waals surface area contributed by atoms with Gasteiger partial charge in [0.1, 0.15) is 0 Å². The van der Waals surface area contributed by atoms with Gasteiger partial charge in [-0.2, -0.15) is 0 Å². The molecule has 1 heterocycles. The molecule has 35 heavy (non-hydrogen) atoms. The number of hydrogen-bond donors (Lipinski definition) is 3. The van der Waals surface area contributed by atoms with Crippen LogP contribution in [-0.4, -0.2) is 23.0 Å². The van der Waals surface area contributed by atoms with Crippen LogP contribution in [0.1, 0.15) is 36.9 Å². The van der Waals surface area contributed by atoms with Gasteiger partial charge in [-0.3, -0.25) is 4.79 Å². The summed E-state index contributed by atoms with van der Waals surface area (Å²) >= 11 is 1.63. The van der Waals surface area contributed by atoms with E-state index in [1.165, 1.54) is 0 Å². The quantitative estimate of drug-likeness (QED) is 0.301. The summed E-state index contributed by atoms with van der Waals surface area (Å²) in [5, 5.41) is 9.65. The first-order valence-corrected chi connectivity index (χ1v) is 12.5. The average molecular weight is 487 g/mol. The third-order valence-corrected chi connectivity index (χ3v) is 6.88. The van der Waals surface area contributed by atoms with Crippen LogP contribution < -0.4 is 16.0 Å². The number of carbonyl (C=O) groups excluding carboxylic acids is 2. The van der Waals surface area contributed by atoms with Crippen molar-refractivity contribution in [1.29, 1.82) is 0 Å². The highest BCUT2D eigenvalue weighted by Crippen LogP contribution is 2.32. The maximum atomic E-state index is 13.6. The molecule has 3 N–H and O–H groups in total. The van der Waals surface area contributed by atoms with Crippen LogP contribution >= 0.6 is 11.3 Å². The van der Waals surface area contributed by atoms with E-state index in [1.807, 2.05) is 93.6 Å². The van der Waals surface area contributed by atoms with Gasteiger partial charge >= 0.3 is 6.03 Å². The molecule has 1 aromatic heterocycles. The van der Waals surface area contributed by atoms with Crippen molar-refractivity contribution in [3.63, 3.8) is 0 Å². The van der Waals surface area contributed by atoms with Gasteiger partial charge in [0, 0.05) is 24.7 Å². The highest BCUT2D eigenvalue weighted by molar-refractivity contribution is 7.18. The molecule has 6 nitrogen and oxygen atoms in total. The van der Waals surface area contributed by atoms with Crippen molar-refractivity contribution < 1.29 is 9.59 Å². The van der Waals surface area contributed by atoms with Crippen molar-refractivity contribution in [3.8, 4) is 0 Å². The van der Waals surface area contributed by atoms with Gasteiger partial charge in [0.2, 0.25) is 5.91 Å². The fourth-order valence-electron chi connectivity index (χ4n) is 3.93. The second-order valence-electron chi connectivity index (χ2n) is 9.08. The second-order valence-corrected chi connectivity index (χ2v) is 10.2. The molecule has 0 saturated carbocycles. The minimum absolute atomic E-state index is 0.0542. The normalized spacial score (nSPS) is 12.8. The van der Waals surface area contributed by atoms with E-state index < -0.39 is 5.41 Å². The Kier molecular flexibility index (Phi) is 7.46. The van der Waals surface area contributed by atoms with E-state index in [1.54, 1.807) is 11.3 Å².